The van der Waals surface area contributed by atoms with Gasteiger partial charge in [-0.25, -0.2) is 9.59 Å². The van der Waals surface area contributed by atoms with Gasteiger partial charge in [-0.05, 0) is 75.3 Å². The third kappa shape index (κ3) is 5.21. The van der Waals surface area contributed by atoms with Crippen LogP contribution in [0.5, 0.6) is 0 Å². The summed E-state index contributed by atoms with van der Waals surface area (Å²) in [5.41, 5.74) is 0.992. The van der Waals surface area contributed by atoms with E-state index in [1.807, 2.05) is 52.0 Å². The van der Waals surface area contributed by atoms with Crippen molar-refractivity contribution in [3.8, 4) is 12.1 Å². The smallest absolute Gasteiger partial charge is 0.349 e. The zero-order chi connectivity index (χ0) is 23.7. The number of halogens is 1. The number of hydrogen-bond acceptors (Lipinski definition) is 6. The van der Waals surface area contributed by atoms with Crippen molar-refractivity contribution in [2.24, 2.45) is 0 Å². The number of esters is 2. The molecule has 7 heteroatoms. The first kappa shape index (κ1) is 23.6. The van der Waals surface area contributed by atoms with Gasteiger partial charge in [0.05, 0.1) is 0 Å². The van der Waals surface area contributed by atoms with Crippen LogP contribution in [-0.2, 0) is 19.1 Å². The molecule has 0 aliphatic carbocycles. The van der Waals surface area contributed by atoms with E-state index in [0.717, 1.165) is 5.56 Å². The zero-order valence-electron chi connectivity index (χ0n) is 18.6. The molecular weight excluding hydrogens is 428 g/mol. The molecule has 1 aromatic rings. The summed E-state index contributed by atoms with van der Waals surface area (Å²) >= 11 is 6.08. The van der Waals surface area contributed by atoms with Crippen LogP contribution >= 0.6 is 11.6 Å². The predicted octanol–water partition coefficient (Wildman–Crippen LogP) is 5.30. The van der Waals surface area contributed by atoms with Crippen LogP contribution in [0.25, 0.3) is 0 Å². The molecule has 166 valence electrons. The maximum absolute atomic E-state index is 12.4. The Labute approximate surface area is 193 Å². The number of rotatable bonds is 5. The molecule has 2 aliphatic rings. The highest BCUT2D eigenvalue weighted by atomic mass is 35.5. The first-order valence-corrected chi connectivity index (χ1v) is 10.8. The van der Waals surface area contributed by atoms with Gasteiger partial charge < -0.3 is 9.47 Å². The van der Waals surface area contributed by atoms with E-state index in [-0.39, 0.29) is 17.1 Å². The first-order valence-electron chi connectivity index (χ1n) is 10.4. The molecule has 6 nitrogen and oxygen atoms in total. The molecule has 0 unspecified atom stereocenters. The van der Waals surface area contributed by atoms with E-state index in [1.54, 1.807) is 12.1 Å². The van der Waals surface area contributed by atoms with Crippen LogP contribution in [0.2, 0.25) is 5.02 Å². The average Bonchev–Trinajstić information content (AvgIpc) is 2.66. The van der Waals surface area contributed by atoms with E-state index >= 15 is 0 Å². The number of nitrogens with zero attached hydrogens (tertiary/aromatic N) is 2. The molecule has 0 amide bonds. The molecular formula is C25H25ClN2O4. The van der Waals surface area contributed by atoms with Gasteiger partial charge in [-0.2, -0.15) is 10.5 Å². The van der Waals surface area contributed by atoms with Crippen molar-refractivity contribution >= 4 is 23.5 Å². The highest BCUT2D eigenvalue weighted by molar-refractivity contribution is 6.30. The van der Waals surface area contributed by atoms with Crippen molar-refractivity contribution in [2.75, 3.05) is 0 Å². The monoisotopic (exact) mass is 452 g/mol. The Morgan fingerprint density at radius 1 is 0.875 bits per heavy atom. The maximum atomic E-state index is 12.4. The minimum atomic E-state index is -0.717. The zero-order valence-corrected chi connectivity index (χ0v) is 19.4. The first-order chi connectivity index (χ1) is 14.9. The second kappa shape index (κ2) is 8.81. The van der Waals surface area contributed by atoms with Crippen molar-refractivity contribution in [3.63, 3.8) is 0 Å². The molecule has 0 atom stereocenters. The molecule has 0 saturated carbocycles. The molecule has 0 bridgehead atoms. The van der Waals surface area contributed by atoms with Crippen LogP contribution < -0.4 is 0 Å². The number of carbonyl (C=O) groups is 2. The maximum Gasteiger partial charge on any atom is 0.349 e. The molecule has 0 saturated heterocycles. The SMILES string of the molecule is CC1(C)CC(CC(CC2=C(C#N)C(=O)OC(C)(C)C2)c2ccc(Cl)cc2)=C(C#N)C(=O)O1. The quantitative estimate of drug-likeness (QED) is 0.562. The standard InChI is InChI=1S/C25H25ClN2O4/c1-24(2)11-17(20(13-27)22(29)31-24)9-16(15-5-7-19(26)8-6-15)10-18-12-25(3,4)32-23(30)21(18)14-28/h5-8,16H,9-12H2,1-4H3. The minimum Gasteiger partial charge on any atom is -0.455 e. The van der Waals surface area contributed by atoms with Gasteiger partial charge in [-0.1, -0.05) is 23.7 Å². The van der Waals surface area contributed by atoms with Gasteiger partial charge >= 0.3 is 11.9 Å². The third-order valence-electron chi connectivity index (χ3n) is 5.68. The number of nitriles is 2. The van der Waals surface area contributed by atoms with Gasteiger partial charge in [0.2, 0.25) is 0 Å². The number of cyclic esters (lactones) is 2. The van der Waals surface area contributed by atoms with E-state index in [4.69, 9.17) is 21.1 Å². The summed E-state index contributed by atoms with van der Waals surface area (Å²) in [4.78, 5) is 24.8. The van der Waals surface area contributed by atoms with Crippen LogP contribution in [0.4, 0.5) is 0 Å². The van der Waals surface area contributed by atoms with E-state index in [9.17, 15) is 20.1 Å². The number of benzene rings is 1. The molecule has 0 radical (unpaired) electrons. The van der Waals surface area contributed by atoms with Gasteiger partial charge in [-0.15, -0.1) is 0 Å². The molecule has 2 heterocycles. The molecule has 0 N–H and O–H groups in total. The third-order valence-corrected chi connectivity index (χ3v) is 5.93. The second-order valence-electron chi connectivity index (χ2n) is 9.49. The summed E-state index contributed by atoms with van der Waals surface area (Å²) < 4.78 is 10.8. The summed E-state index contributed by atoms with van der Waals surface area (Å²) in [6.45, 7) is 7.25. The normalized spacial score (nSPS) is 19.9. The van der Waals surface area contributed by atoms with Gasteiger partial charge in [0.1, 0.15) is 34.5 Å². The largest absolute Gasteiger partial charge is 0.455 e. The summed E-state index contributed by atoms with van der Waals surface area (Å²) in [5, 5.41) is 19.8. The van der Waals surface area contributed by atoms with Gasteiger partial charge in [0.25, 0.3) is 0 Å². The van der Waals surface area contributed by atoms with Crippen LogP contribution in [-0.4, -0.2) is 23.1 Å². The Balaban J connectivity index is 2.05. The fraction of sp³-hybridized carbons (Fsp3) is 0.440. The van der Waals surface area contributed by atoms with E-state index in [0.29, 0.717) is 41.9 Å². The second-order valence-corrected chi connectivity index (χ2v) is 9.93. The van der Waals surface area contributed by atoms with Crippen LogP contribution in [0.1, 0.15) is 64.9 Å². The molecule has 32 heavy (non-hydrogen) atoms. The Hall–Kier alpha value is -3.09. The van der Waals surface area contributed by atoms with E-state index in [1.165, 1.54) is 0 Å². The van der Waals surface area contributed by atoms with Crippen molar-refractivity contribution in [1.82, 2.24) is 0 Å². The Bertz CT molecular complexity index is 1030. The summed E-state index contributed by atoms with van der Waals surface area (Å²) in [6.07, 6.45) is 1.70. The molecule has 0 spiro atoms. The average molecular weight is 453 g/mol. The van der Waals surface area contributed by atoms with Crippen molar-refractivity contribution in [1.29, 1.82) is 10.5 Å². The fourth-order valence-electron chi connectivity index (χ4n) is 4.40. The highest BCUT2D eigenvalue weighted by Crippen LogP contribution is 2.41. The van der Waals surface area contributed by atoms with Crippen molar-refractivity contribution in [2.45, 2.75) is 70.5 Å². The lowest BCUT2D eigenvalue weighted by Crippen LogP contribution is -2.35. The van der Waals surface area contributed by atoms with Gasteiger partial charge in [-0.3, -0.25) is 0 Å². The summed E-state index contributed by atoms with van der Waals surface area (Å²) in [6, 6.07) is 11.3. The number of carbonyl (C=O) groups excluding carboxylic acids is 2. The summed E-state index contributed by atoms with van der Waals surface area (Å²) in [5.74, 6) is -1.41. The topological polar surface area (TPSA) is 100 Å². The molecule has 0 aromatic heterocycles. The minimum absolute atomic E-state index is 0.0289. The number of hydrogen-bond donors (Lipinski definition) is 0. The number of ether oxygens (including phenoxy) is 2. The molecule has 2 aliphatic heterocycles. The van der Waals surface area contributed by atoms with Crippen LogP contribution in [0, 0.1) is 22.7 Å². The van der Waals surface area contributed by atoms with Crippen LogP contribution in [0.15, 0.2) is 46.6 Å². The Morgan fingerprint density at radius 2 is 1.28 bits per heavy atom. The van der Waals surface area contributed by atoms with Gasteiger partial charge in [0, 0.05) is 17.9 Å². The Kier molecular flexibility index (Phi) is 6.49. The molecule has 3 rings (SSSR count). The van der Waals surface area contributed by atoms with Crippen molar-refractivity contribution < 1.29 is 19.1 Å². The Morgan fingerprint density at radius 3 is 1.66 bits per heavy atom. The lowest BCUT2D eigenvalue weighted by atomic mass is 9.78. The van der Waals surface area contributed by atoms with Gasteiger partial charge in [0.15, 0.2) is 0 Å². The van der Waals surface area contributed by atoms with E-state index in [2.05, 4.69) is 0 Å². The lowest BCUT2D eigenvalue weighted by molar-refractivity contribution is -0.153. The predicted molar refractivity (Wildman–Crippen MR) is 118 cm³/mol. The lowest BCUT2D eigenvalue weighted by Gasteiger charge is -2.34. The molecule has 1 aromatic carbocycles. The van der Waals surface area contributed by atoms with Crippen molar-refractivity contribution in [3.05, 3.63) is 57.1 Å². The highest BCUT2D eigenvalue weighted by Gasteiger charge is 2.38. The van der Waals surface area contributed by atoms with Crippen LogP contribution in [0.3, 0.4) is 0 Å². The van der Waals surface area contributed by atoms with E-state index < -0.39 is 23.1 Å². The molecule has 0 fully saturated rings. The summed E-state index contributed by atoms with van der Waals surface area (Å²) in [7, 11) is 0. The fourth-order valence-corrected chi connectivity index (χ4v) is 4.53.